The molecule has 2 aromatic heterocycles. The van der Waals surface area contributed by atoms with Crippen LogP contribution in [0.1, 0.15) is 0 Å². The normalized spacial score (nSPS) is 11.5. The minimum atomic E-state index is 0.860. The first-order valence-electron chi connectivity index (χ1n) is 21.0. The van der Waals surface area contributed by atoms with E-state index in [0.717, 1.165) is 89.1 Å². The van der Waals surface area contributed by atoms with Crippen molar-refractivity contribution >= 4 is 88.8 Å². The fourth-order valence-electron chi connectivity index (χ4n) is 9.13. The van der Waals surface area contributed by atoms with E-state index in [9.17, 15) is 0 Å². The summed E-state index contributed by atoms with van der Waals surface area (Å²) in [7, 11) is 0. The van der Waals surface area contributed by atoms with Crippen LogP contribution in [0.5, 0.6) is 0 Å². The molecule has 0 saturated carbocycles. The zero-order valence-corrected chi connectivity index (χ0v) is 33.7. The van der Waals surface area contributed by atoms with Gasteiger partial charge < -0.3 is 18.6 Å². The van der Waals surface area contributed by atoms with Crippen molar-refractivity contribution in [3.8, 4) is 22.3 Å². The maximum absolute atomic E-state index is 6.34. The molecule has 10 aromatic carbocycles. The van der Waals surface area contributed by atoms with E-state index in [0.29, 0.717) is 0 Å². The number of rotatable bonds is 8. The van der Waals surface area contributed by atoms with Crippen LogP contribution in [0.4, 0.5) is 34.1 Å². The molecule has 0 fully saturated rings. The van der Waals surface area contributed by atoms with Crippen molar-refractivity contribution in [2.75, 3.05) is 9.80 Å². The van der Waals surface area contributed by atoms with Crippen molar-refractivity contribution in [2.45, 2.75) is 0 Å². The molecular weight excluding hydrogens is 757 g/mol. The van der Waals surface area contributed by atoms with Crippen molar-refractivity contribution in [1.29, 1.82) is 0 Å². The van der Waals surface area contributed by atoms with E-state index in [1.165, 1.54) is 21.9 Å². The molecular formula is C58H38N2O2. The molecule has 0 aliphatic carbocycles. The Bertz CT molecular complexity index is 3540. The van der Waals surface area contributed by atoms with E-state index < -0.39 is 0 Å². The lowest BCUT2D eigenvalue weighted by molar-refractivity contribution is 0.668. The second kappa shape index (κ2) is 14.7. The van der Waals surface area contributed by atoms with Gasteiger partial charge in [-0.1, -0.05) is 133 Å². The molecule has 0 atom stereocenters. The van der Waals surface area contributed by atoms with Gasteiger partial charge in [0.15, 0.2) is 0 Å². The summed E-state index contributed by atoms with van der Waals surface area (Å²) in [6.45, 7) is 0. The summed E-state index contributed by atoms with van der Waals surface area (Å²) in [4.78, 5) is 4.71. The van der Waals surface area contributed by atoms with Crippen LogP contribution in [-0.2, 0) is 0 Å². The van der Waals surface area contributed by atoms with Crippen molar-refractivity contribution in [2.24, 2.45) is 0 Å². The third kappa shape index (κ3) is 6.08. The molecule has 62 heavy (non-hydrogen) atoms. The molecule has 12 aromatic rings. The van der Waals surface area contributed by atoms with Gasteiger partial charge in [0.1, 0.15) is 22.3 Å². The summed E-state index contributed by atoms with van der Waals surface area (Å²) in [5.41, 5.74) is 14.3. The number of anilines is 6. The van der Waals surface area contributed by atoms with Gasteiger partial charge in [0, 0.05) is 55.5 Å². The maximum atomic E-state index is 6.34. The SMILES string of the molecule is c1ccc(N(c2ccccc2)c2ccc(N(c3ccc(-c4cccc5ccccc45)cc3)c3ccc4oc5ccccc5c4c3)cc2-c2ccc3oc4ccccc4c3c2)cc1. The number of hydrogen-bond donors (Lipinski definition) is 0. The molecule has 292 valence electrons. The average molecular weight is 795 g/mol. The highest BCUT2D eigenvalue weighted by Gasteiger charge is 2.22. The molecule has 4 nitrogen and oxygen atoms in total. The van der Waals surface area contributed by atoms with Gasteiger partial charge in [-0.2, -0.15) is 0 Å². The van der Waals surface area contributed by atoms with Gasteiger partial charge in [-0.05, 0) is 125 Å². The Morgan fingerprint density at radius 3 is 1.44 bits per heavy atom. The lowest BCUT2D eigenvalue weighted by atomic mass is 9.97. The molecule has 0 amide bonds. The highest BCUT2D eigenvalue weighted by Crippen LogP contribution is 2.47. The van der Waals surface area contributed by atoms with E-state index in [4.69, 9.17) is 8.83 Å². The summed E-state index contributed by atoms with van der Waals surface area (Å²) >= 11 is 0. The van der Waals surface area contributed by atoms with E-state index >= 15 is 0 Å². The van der Waals surface area contributed by atoms with Crippen molar-refractivity contribution < 1.29 is 8.83 Å². The highest BCUT2D eigenvalue weighted by atomic mass is 16.3. The quantitative estimate of drug-likeness (QED) is 0.153. The molecule has 0 spiro atoms. The Morgan fingerprint density at radius 1 is 0.258 bits per heavy atom. The number of para-hydroxylation sites is 4. The Morgan fingerprint density at radius 2 is 0.742 bits per heavy atom. The monoisotopic (exact) mass is 794 g/mol. The summed E-state index contributed by atoms with van der Waals surface area (Å²) < 4.78 is 12.7. The fraction of sp³-hybridized carbons (Fsp3) is 0. The van der Waals surface area contributed by atoms with Crippen LogP contribution < -0.4 is 9.80 Å². The highest BCUT2D eigenvalue weighted by molar-refractivity contribution is 6.08. The van der Waals surface area contributed by atoms with Gasteiger partial charge in [0.2, 0.25) is 0 Å². The van der Waals surface area contributed by atoms with Crippen molar-refractivity contribution in [3.05, 3.63) is 231 Å². The van der Waals surface area contributed by atoms with E-state index in [-0.39, 0.29) is 0 Å². The zero-order valence-electron chi connectivity index (χ0n) is 33.7. The van der Waals surface area contributed by atoms with Gasteiger partial charge in [0.25, 0.3) is 0 Å². The Hall–Kier alpha value is -8.34. The number of hydrogen-bond acceptors (Lipinski definition) is 4. The van der Waals surface area contributed by atoms with Crippen LogP contribution in [0.3, 0.4) is 0 Å². The second-order valence-electron chi connectivity index (χ2n) is 15.7. The molecule has 0 N–H and O–H groups in total. The summed E-state index contributed by atoms with van der Waals surface area (Å²) in [5.74, 6) is 0. The Kier molecular flexibility index (Phi) is 8.46. The van der Waals surface area contributed by atoms with Crippen LogP contribution in [-0.4, -0.2) is 0 Å². The minimum absolute atomic E-state index is 0.860. The first-order valence-corrected chi connectivity index (χ1v) is 21.0. The first kappa shape index (κ1) is 35.6. The van der Waals surface area contributed by atoms with Gasteiger partial charge in [-0.3, -0.25) is 0 Å². The van der Waals surface area contributed by atoms with E-state index in [1.807, 2.05) is 24.3 Å². The smallest absolute Gasteiger partial charge is 0.135 e. The minimum Gasteiger partial charge on any atom is -0.456 e. The molecule has 2 heterocycles. The summed E-state index contributed by atoms with van der Waals surface area (Å²) in [6, 6.07) is 81.8. The standard InChI is InChI=1S/C58H38N2O2/c1-3-16-42(17-4-1)60(43-18-5-2-6-19-43)54-33-31-45(37-51(54)41-28-34-57-52(36-41)49-21-9-11-24-55(49)61-57)59(46-32-35-58-53(38-46)50-22-10-12-25-56(50)62-58)44-29-26-40(27-30-44)48-23-13-15-39-14-7-8-20-47(39)48/h1-38H. The van der Waals surface area contributed by atoms with Crippen LogP contribution in [0, 0.1) is 0 Å². The van der Waals surface area contributed by atoms with Gasteiger partial charge in [-0.25, -0.2) is 0 Å². The molecule has 4 heteroatoms. The average Bonchev–Trinajstić information content (AvgIpc) is 3.91. The second-order valence-corrected chi connectivity index (χ2v) is 15.7. The lowest BCUT2D eigenvalue weighted by Crippen LogP contribution is -2.13. The molecule has 0 radical (unpaired) electrons. The topological polar surface area (TPSA) is 32.8 Å². The number of fused-ring (bicyclic) bond motifs is 7. The van der Waals surface area contributed by atoms with Crippen LogP contribution in [0.2, 0.25) is 0 Å². The van der Waals surface area contributed by atoms with Gasteiger partial charge in [-0.15, -0.1) is 0 Å². The number of nitrogens with zero attached hydrogens (tertiary/aromatic N) is 2. The van der Waals surface area contributed by atoms with Crippen molar-refractivity contribution in [1.82, 2.24) is 0 Å². The largest absolute Gasteiger partial charge is 0.456 e. The molecule has 0 saturated heterocycles. The zero-order chi connectivity index (χ0) is 41.0. The molecule has 0 aliphatic rings. The first-order chi connectivity index (χ1) is 30.7. The number of benzene rings is 10. The molecule has 12 rings (SSSR count). The third-order valence-electron chi connectivity index (χ3n) is 12.0. The predicted octanol–water partition coefficient (Wildman–Crippen LogP) is 16.9. The summed E-state index contributed by atoms with van der Waals surface area (Å²) in [6.07, 6.45) is 0. The van der Waals surface area contributed by atoms with Gasteiger partial charge >= 0.3 is 0 Å². The predicted molar refractivity (Wildman–Crippen MR) is 259 cm³/mol. The van der Waals surface area contributed by atoms with Crippen LogP contribution in [0.25, 0.3) is 76.9 Å². The summed E-state index contributed by atoms with van der Waals surface area (Å²) in [5, 5.41) is 6.81. The number of furan rings is 2. The van der Waals surface area contributed by atoms with E-state index in [2.05, 4.69) is 216 Å². The Balaban J connectivity index is 1.09. The van der Waals surface area contributed by atoms with E-state index in [1.54, 1.807) is 0 Å². The molecule has 0 bridgehead atoms. The van der Waals surface area contributed by atoms with Crippen LogP contribution in [0.15, 0.2) is 239 Å². The lowest BCUT2D eigenvalue weighted by Gasteiger charge is -2.31. The van der Waals surface area contributed by atoms with Gasteiger partial charge in [0.05, 0.1) is 5.69 Å². The fourth-order valence-corrected chi connectivity index (χ4v) is 9.13. The molecule has 0 aliphatic heterocycles. The maximum Gasteiger partial charge on any atom is 0.135 e. The van der Waals surface area contributed by atoms with Crippen molar-refractivity contribution in [3.63, 3.8) is 0 Å². The molecule has 0 unspecified atom stereocenters. The Labute approximate surface area is 358 Å². The third-order valence-corrected chi connectivity index (χ3v) is 12.0. The van der Waals surface area contributed by atoms with Crippen LogP contribution >= 0.6 is 0 Å².